The van der Waals surface area contributed by atoms with Gasteiger partial charge >= 0.3 is 0 Å². The zero-order valence-electron chi connectivity index (χ0n) is 19.5. The average Bonchev–Trinajstić information content (AvgIpc) is 3.22. The van der Waals surface area contributed by atoms with Gasteiger partial charge in [0, 0.05) is 36.0 Å². The van der Waals surface area contributed by atoms with Crippen molar-refractivity contribution in [2.45, 2.75) is 44.6 Å². The Kier molecular flexibility index (Phi) is 6.74. The van der Waals surface area contributed by atoms with Crippen LogP contribution in [-0.4, -0.2) is 65.2 Å². The second-order valence-corrected chi connectivity index (χ2v) is 8.90. The molecule has 4 rings (SSSR count). The molecule has 170 valence electrons. The number of nitrogens with zero attached hydrogens (tertiary/aromatic N) is 4. The van der Waals surface area contributed by atoms with Crippen LogP contribution in [0.2, 0.25) is 0 Å². The number of pyridine rings is 1. The summed E-state index contributed by atoms with van der Waals surface area (Å²) < 4.78 is 5.94. The summed E-state index contributed by atoms with van der Waals surface area (Å²) in [7, 11) is 5.96. The third-order valence-corrected chi connectivity index (χ3v) is 6.49. The van der Waals surface area contributed by atoms with E-state index in [9.17, 15) is 4.79 Å². The summed E-state index contributed by atoms with van der Waals surface area (Å²) >= 11 is 0. The Hall–Kier alpha value is -2.93. The van der Waals surface area contributed by atoms with E-state index in [0.717, 1.165) is 35.2 Å². The van der Waals surface area contributed by atoms with Gasteiger partial charge in [-0.25, -0.2) is 0 Å². The number of hydrogen-bond acceptors (Lipinski definition) is 5. The van der Waals surface area contributed by atoms with Crippen LogP contribution in [0, 0.1) is 0 Å². The number of amides is 1. The highest BCUT2D eigenvalue weighted by Gasteiger charge is 2.28. The predicted molar refractivity (Wildman–Crippen MR) is 126 cm³/mol. The molecule has 2 heterocycles. The van der Waals surface area contributed by atoms with Gasteiger partial charge in [-0.05, 0) is 70.4 Å². The van der Waals surface area contributed by atoms with E-state index in [1.807, 2.05) is 51.3 Å². The SMILES string of the molecule is CCOc1cc(C(=O)N(C)[C@H](CCN(C)C)c2cncc3cn[nH]c23)ccc1C1CCC1. The average molecular weight is 436 g/mol. The number of hydrogen-bond donors (Lipinski definition) is 1. The van der Waals surface area contributed by atoms with Crippen LogP contribution in [0.15, 0.2) is 36.8 Å². The van der Waals surface area contributed by atoms with Gasteiger partial charge in [-0.2, -0.15) is 5.10 Å². The lowest BCUT2D eigenvalue weighted by molar-refractivity contribution is 0.0716. The molecule has 1 aromatic carbocycles. The monoisotopic (exact) mass is 435 g/mol. The van der Waals surface area contributed by atoms with Gasteiger partial charge in [-0.15, -0.1) is 0 Å². The molecule has 1 atom stereocenters. The van der Waals surface area contributed by atoms with E-state index in [1.165, 1.54) is 24.8 Å². The quantitative estimate of drug-likeness (QED) is 0.540. The topological polar surface area (TPSA) is 74.3 Å². The van der Waals surface area contributed by atoms with Crippen LogP contribution >= 0.6 is 0 Å². The van der Waals surface area contributed by atoms with Crippen LogP contribution in [0.5, 0.6) is 5.75 Å². The number of fused-ring (bicyclic) bond motifs is 1. The predicted octanol–water partition coefficient (Wildman–Crippen LogP) is 4.39. The molecule has 1 N–H and O–H groups in total. The van der Waals surface area contributed by atoms with Crippen molar-refractivity contribution in [2.75, 3.05) is 34.3 Å². The van der Waals surface area contributed by atoms with Gasteiger partial charge in [-0.3, -0.25) is 14.9 Å². The first-order valence-electron chi connectivity index (χ1n) is 11.4. The lowest BCUT2D eigenvalue weighted by Crippen LogP contribution is -2.33. The first-order valence-corrected chi connectivity index (χ1v) is 11.4. The van der Waals surface area contributed by atoms with Crippen LogP contribution in [-0.2, 0) is 0 Å². The number of ether oxygens (including phenoxy) is 1. The van der Waals surface area contributed by atoms with E-state index in [4.69, 9.17) is 4.74 Å². The van der Waals surface area contributed by atoms with Crippen LogP contribution in [0.4, 0.5) is 0 Å². The van der Waals surface area contributed by atoms with Crippen molar-refractivity contribution < 1.29 is 9.53 Å². The Bertz CT molecular complexity index is 1070. The molecule has 7 nitrogen and oxygen atoms in total. The van der Waals surface area contributed by atoms with Gasteiger partial charge in [0.2, 0.25) is 0 Å². The Morgan fingerprint density at radius 3 is 2.72 bits per heavy atom. The van der Waals surface area contributed by atoms with Crippen molar-refractivity contribution in [3.63, 3.8) is 0 Å². The number of aromatic amines is 1. The molecular formula is C25H33N5O2. The molecule has 7 heteroatoms. The van der Waals surface area contributed by atoms with Crippen molar-refractivity contribution in [3.05, 3.63) is 53.5 Å². The summed E-state index contributed by atoms with van der Waals surface area (Å²) in [5.74, 6) is 1.38. The second-order valence-electron chi connectivity index (χ2n) is 8.90. The van der Waals surface area contributed by atoms with Crippen LogP contribution in [0.25, 0.3) is 10.9 Å². The molecule has 0 saturated heterocycles. The molecule has 1 aliphatic rings. The molecule has 1 saturated carbocycles. The normalized spacial score (nSPS) is 15.0. The molecule has 1 aliphatic carbocycles. The minimum absolute atomic E-state index is 0.0219. The zero-order chi connectivity index (χ0) is 22.7. The minimum Gasteiger partial charge on any atom is -0.494 e. The molecule has 32 heavy (non-hydrogen) atoms. The Morgan fingerprint density at radius 2 is 2.03 bits per heavy atom. The van der Waals surface area contributed by atoms with E-state index < -0.39 is 0 Å². The maximum atomic E-state index is 13.6. The number of rotatable bonds is 9. The highest BCUT2D eigenvalue weighted by atomic mass is 16.5. The highest BCUT2D eigenvalue weighted by molar-refractivity contribution is 5.95. The Labute approximate surface area is 189 Å². The number of benzene rings is 1. The summed E-state index contributed by atoms with van der Waals surface area (Å²) in [4.78, 5) is 22.0. The standard InChI is InChI=1S/C25H33N5O2/c1-5-32-23-13-18(9-10-20(23)17-7-6-8-17)25(31)30(4)22(11-12-29(2)3)21-16-26-14-19-15-27-28-24(19)21/h9-10,13-17,22H,5-8,11-12H2,1-4H3,(H,27,28)/t22-/m1/s1. The number of H-pyrrole nitrogens is 1. The van der Waals surface area contributed by atoms with Crippen molar-refractivity contribution in [1.82, 2.24) is 25.0 Å². The first-order chi connectivity index (χ1) is 15.5. The number of carbonyl (C=O) groups is 1. The maximum absolute atomic E-state index is 13.6. The molecule has 0 radical (unpaired) electrons. The van der Waals surface area contributed by atoms with Gasteiger partial charge in [0.1, 0.15) is 5.75 Å². The fourth-order valence-electron chi connectivity index (χ4n) is 4.43. The van der Waals surface area contributed by atoms with Gasteiger partial charge in [0.25, 0.3) is 5.91 Å². The summed E-state index contributed by atoms with van der Waals surface area (Å²) in [5.41, 5.74) is 3.79. The molecule has 0 unspecified atom stereocenters. The lowest BCUT2D eigenvalue weighted by Gasteiger charge is -2.31. The molecule has 3 aromatic rings. The van der Waals surface area contributed by atoms with E-state index >= 15 is 0 Å². The van der Waals surface area contributed by atoms with Crippen molar-refractivity contribution in [1.29, 1.82) is 0 Å². The number of nitrogens with one attached hydrogen (secondary N) is 1. The first kappa shape index (κ1) is 22.3. The van der Waals surface area contributed by atoms with Gasteiger partial charge in [0.05, 0.1) is 24.4 Å². The fraction of sp³-hybridized carbons (Fsp3) is 0.480. The van der Waals surface area contributed by atoms with E-state index in [1.54, 1.807) is 12.4 Å². The van der Waals surface area contributed by atoms with Crippen molar-refractivity contribution in [3.8, 4) is 5.75 Å². The molecular weight excluding hydrogens is 402 g/mol. The largest absolute Gasteiger partial charge is 0.494 e. The van der Waals surface area contributed by atoms with Gasteiger partial charge in [-0.1, -0.05) is 12.5 Å². The molecule has 0 bridgehead atoms. The Balaban J connectivity index is 1.65. The summed E-state index contributed by atoms with van der Waals surface area (Å²) in [5, 5.41) is 8.21. The van der Waals surface area contributed by atoms with E-state index in [0.29, 0.717) is 18.1 Å². The zero-order valence-corrected chi connectivity index (χ0v) is 19.5. The van der Waals surface area contributed by atoms with Crippen LogP contribution in [0.1, 0.15) is 66.1 Å². The summed E-state index contributed by atoms with van der Waals surface area (Å²) in [6.45, 7) is 3.42. The molecule has 1 amide bonds. The van der Waals surface area contributed by atoms with Gasteiger partial charge < -0.3 is 14.5 Å². The molecule has 1 fully saturated rings. The second kappa shape index (κ2) is 9.69. The molecule has 0 spiro atoms. The van der Waals surface area contributed by atoms with Gasteiger partial charge in [0.15, 0.2) is 0 Å². The number of aromatic nitrogens is 3. The third kappa shape index (κ3) is 4.48. The van der Waals surface area contributed by atoms with Crippen LogP contribution < -0.4 is 4.74 Å². The van der Waals surface area contributed by atoms with Crippen molar-refractivity contribution in [2.24, 2.45) is 0 Å². The Morgan fingerprint density at radius 1 is 1.22 bits per heavy atom. The summed E-state index contributed by atoms with van der Waals surface area (Å²) in [6.07, 6.45) is 9.84. The van der Waals surface area contributed by atoms with Crippen LogP contribution in [0.3, 0.4) is 0 Å². The maximum Gasteiger partial charge on any atom is 0.254 e. The molecule has 2 aromatic heterocycles. The highest BCUT2D eigenvalue weighted by Crippen LogP contribution is 2.41. The lowest BCUT2D eigenvalue weighted by atomic mass is 9.79. The summed E-state index contributed by atoms with van der Waals surface area (Å²) in [6, 6.07) is 5.83. The smallest absolute Gasteiger partial charge is 0.254 e. The minimum atomic E-state index is -0.136. The molecule has 0 aliphatic heterocycles. The fourth-order valence-corrected chi connectivity index (χ4v) is 4.43. The van der Waals surface area contributed by atoms with Crippen molar-refractivity contribution >= 4 is 16.8 Å². The third-order valence-electron chi connectivity index (χ3n) is 6.49. The van der Waals surface area contributed by atoms with E-state index in [-0.39, 0.29) is 11.9 Å². The van der Waals surface area contributed by atoms with E-state index in [2.05, 4.69) is 26.1 Å². The number of carbonyl (C=O) groups excluding carboxylic acids is 1.